The fourth-order valence-corrected chi connectivity index (χ4v) is 1.95. The molecule has 24 heavy (non-hydrogen) atoms. The van der Waals surface area contributed by atoms with Crippen LogP contribution in [0.15, 0.2) is 28.9 Å². The first-order chi connectivity index (χ1) is 11.3. The van der Waals surface area contributed by atoms with Crippen LogP contribution in [0.2, 0.25) is 0 Å². The number of hydrogen-bond donors (Lipinski definition) is 2. The molecule has 9 heteroatoms. The van der Waals surface area contributed by atoms with E-state index in [4.69, 9.17) is 4.42 Å². The number of halogens is 3. The second-order valence-corrected chi connectivity index (χ2v) is 5.48. The van der Waals surface area contributed by atoms with Gasteiger partial charge in [-0.2, -0.15) is 18.2 Å². The van der Waals surface area contributed by atoms with E-state index >= 15 is 0 Å². The molecule has 0 radical (unpaired) electrons. The topological polar surface area (TPSA) is 66.2 Å². The van der Waals surface area contributed by atoms with E-state index in [2.05, 4.69) is 20.6 Å². The van der Waals surface area contributed by atoms with Gasteiger partial charge in [0.05, 0.1) is 12.8 Å². The minimum absolute atomic E-state index is 0.0504. The largest absolute Gasteiger partial charge is 0.467 e. The Hall–Kier alpha value is -2.29. The zero-order valence-electron chi connectivity index (χ0n) is 13.5. The van der Waals surface area contributed by atoms with E-state index in [9.17, 15) is 13.2 Å². The van der Waals surface area contributed by atoms with Gasteiger partial charge >= 0.3 is 6.18 Å². The maximum absolute atomic E-state index is 13.0. The standard InChI is InChI=1S/C15H20F3N5O/c1-23(2)7-4-6-19-14-21-12(15(16,17)18)9-13(22-14)20-10-11-5-3-8-24-11/h3,5,8-9H,4,6-7,10H2,1-2H3,(H2,19,20,21,22). The molecule has 6 nitrogen and oxygen atoms in total. The Morgan fingerprint density at radius 3 is 2.62 bits per heavy atom. The van der Waals surface area contributed by atoms with Crippen LogP contribution in [0.25, 0.3) is 0 Å². The van der Waals surface area contributed by atoms with Crippen LogP contribution in [0.3, 0.4) is 0 Å². The van der Waals surface area contributed by atoms with E-state index < -0.39 is 11.9 Å². The third kappa shape index (κ3) is 5.73. The van der Waals surface area contributed by atoms with E-state index in [-0.39, 0.29) is 18.3 Å². The molecule has 2 N–H and O–H groups in total. The highest BCUT2D eigenvalue weighted by Gasteiger charge is 2.33. The van der Waals surface area contributed by atoms with E-state index in [0.29, 0.717) is 12.3 Å². The van der Waals surface area contributed by atoms with Crippen LogP contribution in [0.1, 0.15) is 17.9 Å². The summed E-state index contributed by atoms with van der Waals surface area (Å²) >= 11 is 0. The Kier molecular flexibility index (Phi) is 6.02. The average molecular weight is 343 g/mol. The van der Waals surface area contributed by atoms with Gasteiger partial charge in [0.25, 0.3) is 0 Å². The molecule has 2 heterocycles. The van der Waals surface area contributed by atoms with Gasteiger partial charge in [0.15, 0.2) is 5.69 Å². The van der Waals surface area contributed by atoms with Crippen LogP contribution in [0, 0.1) is 0 Å². The van der Waals surface area contributed by atoms with Gasteiger partial charge in [-0.15, -0.1) is 0 Å². The summed E-state index contributed by atoms with van der Waals surface area (Å²) in [7, 11) is 3.86. The highest BCUT2D eigenvalue weighted by atomic mass is 19.4. The normalized spacial score (nSPS) is 11.8. The summed E-state index contributed by atoms with van der Waals surface area (Å²) in [6.07, 6.45) is -2.28. The molecule has 0 bridgehead atoms. The van der Waals surface area contributed by atoms with Crippen molar-refractivity contribution in [1.82, 2.24) is 14.9 Å². The Morgan fingerprint density at radius 1 is 1.21 bits per heavy atom. The molecule has 0 amide bonds. The molecule has 0 unspecified atom stereocenters. The number of furan rings is 1. The second kappa shape index (κ2) is 8.00. The molecule has 2 aromatic rings. The first-order valence-electron chi connectivity index (χ1n) is 7.46. The Bertz CT molecular complexity index is 629. The van der Waals surface area contributed by atoms with Crippen LogP contribution >= 0.6 is 0 Å². The molecule has 2 rings (SSSR count). The van der Waals surface area contributed by atoms with Crippen molar-refractivity contribution in [2.24, 2.45) is 0 Å². The van der Waals surface area contributed by atoms with Gasteiger partial charge in [-0.3, -0.25) is 0 Å². The number of aromatic nitrogens is 2. The van der Waals surface area contributed by atoms with Gasteiger partial charge < -0.3 is 20.0 Å². The monoisotopic (exact) mass is 343 g/mol. The summed E-state index contributed by atoms with van der Waals surface area (Å²) in [5, 5.41) is 5.65. The first kappa shape index (κ1) is 18.1. The molecular formula is C15H20F3N5O. The fourth-order valence-electron chi connectivity index (χ4n) is 1.95. The first-order valence-corrected chi connectivity index (χ1v) is 7.46. The molecule has 0 aliphatic rings. The zero-order valence-corrected chi connectivity index (χ0v) is 13.5. The SMILES string of the molecule is CN(C)CCCNc1nc(NCc2ccco2)cc(C(F)(F)F)n1. The number of hydrogen-bond acceptors (Lipinski definition) is 6. The van der Waals surface area contributed by atoms with Gasteiger partial charge in [-0.1, -0.05) is 0 Å². The Labute approximate surface area is 138 Å². The number of nitrogens with one attached hydrogen (secondary N) is 2. The molecular weight excluding hydrogens is 323 g/mol. The predicted molar refractivity (Wildman–Crippen MR) is 84.7 cm³/mol. The van der Waals surface area contributed by atoms with Crippen LogP contribution in [-0.2, 0) is 12.7 Å². The quantitative estimate of drug-likeness (QED) is 0.718. The van der Waals surface area contributed by atoms with Crippen LogP contribution in [-0.4, -0.2) is 42.1 Å². The molecule has 0 fully saturated rings. The summed E-state index contributed by atoms with van der Waals surface area (Å²) in [5.74, 6) is 0.636. The van der Waals surface area contributed by atoms with Crippen molar-refractivity contribution in [2.45, 2.75) is 19.1 Å². The number of rotatable bonds is 8. The van der Waals surface area contributed by atoms with Crippen molar-refractivity contribution < 1.29 is 17.6 Å². The third-order valence-corrected chi connectivity index (χ3v) is 3.11. The number of anilines is 2. The van der Waals surface area contributed by atoms with Gasteiger partial charge in [0.2, 0.25) is 5.95 Å². The van der Waals surface area contributed by atoms with Crippen LogP contribution < -0.4 is 10.6 Å². The molecule has 0 aromatic carbocycles. The highest BCUT2D eigenvalue weighted by molar-refractivity contribution is 5.43. The molecule has 0 aliphatic heterocycles. The summed E-state index contributed by atoms with van der Waals surface area (Å²) in [6, 6.07) is 4.31. The molecule has 0 aliphatic carbocycles. The van der Waals surface area contributed by atoms with Crippen molar-refractivity contribution in [3.05, 3.63) is 35.9 Å². The summed E-state index contributed by atoms with van der Waals surface area (Å²) < 4.78 is 44.1. The molecule has 0 saturated carbocycles. The van der Waals surface area contributed by atoms with Crippen molar-refractivity contribution in [1.29, 1.82) is 0 Å². The van der Waals surface area contributed by atoms with E-state index in [1.165, 1.54) is 6.26 Å². The highest BCUT2D eigenvalue weighted by Crippen LogP contribution is 2.29. The smallest absolute Gasteiger partial charge is 0.433 e. The maximum Gasteiger partial charge on any atom is 0.433 e. The molecule has 0 spiro atoms. The molecule has 132 valence electrons. The Balaban J connectivity index is 2.06. The van der Waals surface area contributed by atoms with Gasteiger partial charge in [-0.05, 0) is 39.2 Å². The third-order valence-electron chi connectivity index (χ3n) is 3.11. The van der Waals surface area contributed by atoms with Crippen molar-refractivity contribution >= 4 is 11.8 Å². The van der Waals surface area contributed by atoms with E-state index in [0.717, 1.165) is 19.0 Å². The summed E-state index contributed by atoms with van der Waals surface area (Å²) in [4.78, 5) is 9.61. The molecule has 2 aromatic heterocycles. The van der Waals surface area contributed by atoms with Crippen molar-refractivity contribution in [3.8, 4) is 0 Å². The van der Waals surface area contributed by atoms with Crippen LogP contribution in [0.4, 0.5) is 24.9 Å². The average Bonchev–Trinajstić information content (AvgIpc) is 3.02. The van der Waals surface area contributed by atoms with Gasteiger partial charge in [0.1, 0.15) is 11.6 Å². The second-order valence-electron chi connectivity index (χ2n) is 5.48. The number of nitrogens with zero attached hydrogens (tertiary/aromatic N) is 3. The lowest BCUT2D eigenvalue weighted by Crippen LogP contribution is -2.18. The number of alkyl halides is 3. The zero-order chi connectivity index (χ0) is 17.6. The Morgan fingerprint density at radius 2 is 2.00 bits per heavy atom. The maximum atomic E-state index is 13.0. The lowest BCUT2D eigenvalue weighted by molar-refractivity contribution is -0.141. The fraction of sp³-hybridized carbons (Fsp3) is 0.467. The minimum atomic E-state index is -4.54. The summed E-state index contributed by atoms with van der Waals surface area (Å²) in [6.45, 7) is 1.54. The van der Waals surface area contributed by atoms with Crippen LogP contribution in [0.5, 0.6) is 0 Å². The van der Waals surface area contributed by atoms with Crippen molar-refractivity contribution in [2.75, 3.05) is 37.8 Å². The van der Waals surface area contributed by atoms with Gasteiger partial charge in [0, 0.05) is 12.6 Å². The molecule has 0 atom stereocenters. The lowest BCUT2D eigenvalue weighted by atomic mass is 10.3. The minimum Gasteiger partial charge on any atom is -0.467 e. The predicted octanol–water partition coefficient (Wildman–Crippen LogP) is 3.06. The van der Waals surface area contributed by atoms with Crippen molar-refractivity contribution in [3.63, 3.8) is 0 Å². The summed E-state index contributed by atoms with van der Waals surface area (Å²) in [5.41, 5.74) is -0.991. The lowest BCUT2D eigenvalue weighted by Gasteiger charge is -2.13. The van der Waals surface area contributed by atoms with Gasteiger partial charge in [-0.25, -0.2) is 4.98 Å². The van der Waals surface area contributed by atoms with E-state index in [1.54, 1.807) is 12.1 Å². The molecule has 0 saturated heterocycles. The van der Waals surface area contributed by atoms with E-state index in [1.807, 2.05) is 19.0 Å².